The number of hydrogen-bond acceptors (Lipinski definition) is 7. The zero-order valence-corrected chi connectivity index (χ0v) is 27.2. The first-order valence-electron chi connectivity index (χ1n) is 15.8. The number of rotatable bonds is 20. The maximum absolute atomic E-state index is 13.6. The Kier molecular flexibility index (Phi) is 16.4. The number of benzene rings is 2. The van der Waals surface area contributed by atoms with Crippen LogP contribution in [0.25, 0.3) is 0 Å². The second kappa shape index (κ2) is 20.2. The van der Waals surface area contributed by atoms with E-state index in [0.29, 0.717) is 44.3 Å². The second-order valence-electron chi connectivity index (χ2n) is 11.7. The van der Waals surface area contributed by atoms with Gasteiger partial charge in [0.1, 0.15) is 24.0 Å². The minimum absolute atomic E-state index is 0.0547. The number of carbonyl (C=O) groups excluding carboxylic acids is 4. The molecular weight excluding hydrogens is 600 g/mol. The summed E-state index contributed by atoms with van der Waals surface area (Å²) in [5.41, 5.74) is 18.7. The van der Waals surface area contributed by atoms with E-state index in [9.17, 15) is 19.2 Å². The summed E-state index contributed by atoms with van der Waals surface area (Å²) in [6, 6.07) is 13.2. The summed E-state index contributed by atoms with van der Waals surface area (Å²) >= 11 is 0. The van der Waals surface area contributed by atoms with Crippen LogP contribution in [-0.4, -0.2) is 66.6 Å². The maximum Gasteiger partial charge on any atom is 0.243 e. The summed E-state index contributed by atoms with van der Waals surface area (Å²) in [6.45, 7) is 4.52. The van der Waals surface area contributed by atoms with E-state index in [2.05, 4.69) is 26.6 Å². The topological polar surface area (TPSA) is 254 Å². The van der Waals surface area contributed by atoms with Gasteiger partial charge in [-0.3, -0.25) is 30.0 Å². The van der Waals surface area contributed by atoms with Gasteiger partial charge in [-0.15, -0.1) is 0 Å². The zero-order valence-electron chi connectivity index (χ0n) is 27.2. The standard InChI is InChI=1S/C33H50N10O4/c1-21(2)28(43-31(46)26(12-8-18-39-33(37)38)41-27(44)19-22-9-4-3-5-10-22)32(47)42-25(11-6-7-17-34)30(45)40-20-23-13-15-24(16-14-23)29(35)36/h3-5,9-10,13-16,21,25-26,28H,6-8,11-12,17-20,34H2,1-2H3,(H3,35,36)(H,40,45)(H,41,44)(H,42,47)(H,43,46)(H4,37,38,39)/t25-,26-,28?/m0/s1. The maximum atomic E-state index is 13.6. The fourth-order valence-corrected chi connectivity index (χ4v) is 4.75. The van der Waals surface area contributed by atoms with Gasteiger partial charge < -0.3 is 43.8 Å². The molecule has 0 aliphatic heterocycles. The third-order valence-electron chi connectivity index (χ3n) is 7.40. The van der Waals surface area contributed by atoms with Gasteiger partial charge in [-0.2, -0.15) is 0 Å². The lowest BCUT2D eigenvalue weighted by atomic mass is 10.0. The minimum Gasteiger partial charge on any atom is -0.384 e. The number of unbranched alkanes of at least 4 members (excludes halogenated alkanes) is 1. The molecule has 0 saturated heterocycles. The third-order valence-corrected chi connectivity index (χ3v) is 7.40. The number of nitrogen functional groups attached to an aromatic ring is 1. The highest BCUT2D eigenvalue weighted by molar-refractivity contribution is 5.95. The predicted molar refractivity (Wildman–Crippen MR) is 182 cm³/mol. The van der Waals surface area contributed by atoms with Gasteiger partial charge in [-0.25, -0.2) is 0 Å². The Morgan fingerprint density at radius 1 is 0.723 bits per heavy atom. The van der Waals surface area contributed by atoms with Gasteiger partial charge in [0, 0.05) is 18.7 Å². The van der Waals surface area contributed by atoms with E-state index in [1.165, 1.54) is 0 Å². The molecule has 2 aromatic rings. The molecule has 14 nitrogen and oxygen atoms in total. The van der Waals surface area contributed by atoms with Crippen molar-refractivity contribution in [3.63, 3.8) is 0 Å². The number of nitrogens with two attached hydrogens (primary N) is 3. The van der Waals surface area contributed by atoms with Crippen LogP contribution in [0.5, 0.6) is 0 Å². The van der Waals surface area contributed by atoms with Crippen LogP contribution in [0, 0.1) is 16.7 Å². The average molecular weight is 651 g/mol. The molecule has 0 aliphatic rings. The summed E-state index contributed by atoms with van der Waals surface area (Å²) in [4.78, 5) is 53.2. The number of hydrogen-bond donors (Lipinski definition) is 10. The minimum atomic E-state index is -0.990. The molecule has 0 heterocycles. The summed E-state index contributed by atoms with van der Waals surface area (Å²) in [6.07, 6.45) is 2.34. The quantitative estimate of drug-likeness (QED) is 0.0541. The Balaban J connectivity index is 2.12. The van der Waals surface area contributed by atoms with Crippen molar-refractivity contribution in [3.05, 3.63) is 71.3 Å². The van der Waals surface area contributed by atoms with Crippen molar-refractivity contribution in [1.29, 1.82) is 10.8 Å². The number of amidine groups is 1. The monoisotopic (exact) mass is 650 g/mol. The second-order valence-corrected chi connectivity index (χ2v) is 11.7. The molecular formula is C33H50N10O4. The SMILES string of the molecule is CC(C)C(NC(=O)[C@H](CCCNC(=N)N)NC(=O)Cc1ccccc1)C(=O)N[C@@H](CCCCN)C(=O)NCc1ccc(C(=N)N)cc1. The molecule has 0 spiro atoms. The number of guanidine groups is 1. The highest BCUT2D eigenvalue weighted by Crippen LogP contribution is 2.09. The molecule has 3 atom stereocenters. The smallest absolute Gasteiger partial charge is 0.243 e. The molecule has 1 unspecified atom stereocenters. The fourth-order valence-electron chi connectivity index (χ4n) is 4.75. The number of nitrogens with one attached hydrogen (secondary N) is 7. The molecule has 0 aromatic heterocycles. The first-order valence-corrected chi connectivity index (χ1v) is 15.8. The van der Waals surface area contributed by atoms with Gasteiger partial charge in [-0.1, -0.05) is 68.4 Å². The zero-order chi connectivity index (χ0) is 34.8. The van der Waals surface area contributed by atoms with Crippen LogP contribution >= 0.6 is 0 Å². The molecule has 0 fully saturated rings. The molecule has 14 heteroatoms. The largest absolute Gasteiger partial charge is 0.384 e. The number of carbonyl (C=O) groups is 4. The Hall–Kier alpha value is -4.98. The summed E-state index contributed by atoms with van der Waals surface area (Å²) in [5.74, 6) is -2.40. The van der Waals surface area contributed by atoms with Crippen LogP contribution in [0.1, 0.15) is 62.6 Å². The van der Waals surface area contributed by atoms with Gasteiger partial charge in [-0.05, 0) is 55.7 Å². The van der Waals surface area contributed by atoms with Crippen LogP contribution in [0.4, 0.5) is 0 Å². The van der Waals surface area contributed by atoms with Crippen molar-refractivity contribution in [1.82, 2.24) is 26.6 Å². The van der Waals surface area contributed by atoms with Crippen molar-refractivity contribution >= 4 is 35.4 Å². The molecule has 0 saturated carbocycles. The first-order chi connectivity index (χ1) is 22.4. The lowest BCUT2D eigenvalue weighted by molar-refractivity contribution is -0.134. The van der Waals surface area contributed by atoms with Crippen LogP contribution in [0.3, 0.4) is 0 Å². The molecule has 2 rings (SSSR count). The van der Waals surface area contributed by atoms with Crippen molar-refractivity contribution in [3.8, 4) is 0 Å². The molecule has 13 N–H and O–H groups in total. The molecule has 47 heavy (non-hydrogen) atoms. The van der Waals surface area contributed by atoms with E-state index in [-0.39, 0.29) is 48.9 Å². The third kappa shape index (κ3) is 14.3. The Morgan fingerprint density at radius 3 is 1.96 bits per heavy atom. The van der Waals surface area contributed by atoms with Crippen molar-refractivity contribution in [2.45, 2.75) is 77.0 Å². The molecule has 0 aliphatic carbocycles. The summed E-state index contributed by atoms with van der Waals surface area (Å²) in [5, 5.41) is 28.8. The van der Waals surface area contributed by atoms with E-state index in [0.717, 1.165) is 11.1 Å². The van der Waals surface area contributed by atoms with Crippen LogP contribution in [-0.2, 0) is 32.1 Å². The van der Waals surface area contributed by atoms with Gasteiger partial charge in [0.2, 0.25) is 23.6 Å². The summed E-state index contributed by atoms with van der Waals surface area (Å²) < 4.78 is 0. The van der Waals surface area contributed by atoms with E-state index in [4.69, 9.17) is 28.0 Å². The van der Waals surface area contributed by atoms with E-state index < -0.39 is 29.9 Å². The molecule has 0 bridgehead atoms. The molecule has 0 radical (unpaired) electrons. The normalized spacial score (nSPS) is 12.7. The predicted octanol–water partition coefficient (Wildman–Crippen LogP) is 0.332. The molecule has 2 aromatic carbocycles. The van der Waals surface area contributed by atoms with Gasteiger partial charge in [0.15, 0.2) is 5.96 Å². The van der Waals surface area contributed by atoms with Gasteiger partial charge >= 0.3 is 0 Å². The number of amides is 4. The Labute approximate surface area is 276 Å². The summed E-state index contributed by atoms with van der Waals surface area (Å²) in [7, 11) is 0. The van der Waals surface area contributed by atoms with E-state index in [1.807, 2.05) is 30.3 Å². The van der Waals surface area contributed by atoms with Crippen molar-refractivity contribution in [2.24, 2.45) is 23.1 Å². The Bertz CT molecular complexity index is 1330. The van der Waals surface area contributed by atoms with Crippen molar-refractivity contribution < 1.29 is 19.2 Å². The van der Waals surface area contributed by atoms with Crippen LogP contribution in [0.2, 0.25) is 0 Å². The van der Waals surface area contributed by atoms with E-state index in [1.54, 1.807) is 38.1 Å². The van der Waals surface area contributed by atoms with E-state index >= 15 is 0 Å². The highest BCUT2D eigenvalue weighted by Gasteiger charge is 2.31. The Morgan fingerprint density at radius 2 is 1.36 bits per heavy atom. The highest BCUT2D eigenvalue weighted by atomic mass is 16.2. The lowest BCUT2D eigenvalue weighted by Gasteiger charge is -2.27. The average Bonchev–Trinajstić information content (AvgIpc) is 3.03. The van der Waals surface area contributed by atoms with Crippen LogP contribution < -0.4 is 43.8 Å². The van der Waals surface area contributed by atoms with Gasteiger partial charge in [0.25, 0.3) is 0 Å². The van der Waals surface area contributed by atoms with Crippen molar-refractivity contribution in [2.75, 3.05) is 13.1 Å². The fraction of sp³-hybridized carbons (Fsp3) is 0.455. The van der Waals surface area contributed by atoms with Gasteiger partial charge in [0.05, 0.1) is 6.42 Å². The molecule has 4 amide bonds. The molecule has 256 valence electrons. The first kappa shape index (κ1) is 38.2. The lowest BCUT2D eigenvalue weighted by Crippen LogP contribution is -2.58. The van der Waals surface area contributed by atoms with Crippen LogP contribution in [0.15, 0.2) is 54.6 Å².